The molecular weight excluding hydrogens is 260 g/mol. The van der Waals surface area contributed by atoms with Gasteiger partial charge in [-0.1, -0.05) is 36.8 Å². The first kappa shape index (κ1) is 14.4. The zero-order valence-electron chi connectivity index (χ0n) is 12.7. The molecule has 3 nitrogen and oxygen atoms in total. The SMILES string of the molecule is COc1ccc(C(CN)N2CCCCC2)c2ccccc12. The van der Waals surface area contributed by atoms with Gasteiger partial charge in [-0.25, -0.2) is 0 Å². The highest BCUT2D eigenvalue weighted by atomic mass is 16.5. The summed E-state index contributed by atoms with van der Waals surface area (Å²) < 4.78 is 5.50. The number of ether oxygens (including phenoxy) is 1. The summed E-state index contributed by atoms with van der Waals surface area (Å²) in [6.07, 6.45) is 3.91. The van der Waals surface area contributed by atoms with Gasteiger partial charge in [-0.2, -0.15) is 0 Å². The zero-order chi connectivity index (χ0) is 14.7. The molecule has 1 atom stereocenters. The molecule has 1 saturated heterocycles. The average molecular weight is 284 g/mol. The van der Waals surface area contributed by atoms with Crippen molar-refractivity contribution in [3.8, 4) is 5.75 Å². The minimum atomic E-state index is 0.307. The maximum atomic E-state index is 6.12. The van der Waals surface area contributed by atoms with E-state index in [2.05, 4.69) is 41.3 Å². The molecule has 0 amide bonds. The Bertz CT molecular complexity index is 605. The highest BCUT2D eigenvalue weighted by Gasteiger charge is 2.23. The first-order valence-corrected chi connectivity index (χ1v) is 7.85. The monoisotopic (exact) mass is 284 g/mol. The van der Waals surface area contributed by atoms with E-state index in [9.17, 15) is 0 Å². The first-order valence-electron chi connectivity index (χ1n) is 7.85. The summed E-state index contributed by atoms with van der Waals surface area (Å²) >= 11 is 0. The van der Waals surface area contributed by atoms with Crippen LogP contribution in [-0.4, -0.2) is 31.6 Å². The van der Waals surface area contributed by atoms with E-state index in [0.717, 1.165) is 18.8 Å². The topological polar surface area (TPSA) is 38.5 Å². The number of hydrogen-bond donors (Lipinski definition) is 1. The number of likely N-dealkylation sites (tertiary alicyclic amines) is 1. The van der Waals surface area contributed by atoms with Gasteiger partial charge in [-0.15, -0.1) is 0 Å². The Kier molecular flexibility index (Phi) is 4.42. The lowest BCUT2D eigenvalue weighted by Crippen LogP contribution is -2.37. The van der Waals surface area contributed by atoms with Crippen molar-refractivity contribution < 1.29 is 4.74 Å². The molecule has 0 spiro atoms. The van der Waals surface area contributed by atoms with Crippen LogP contribution in [0, 0.1) is 0 Å². The summed E-state index contributed by atoms with van der Waals surface area (Å²) in [6.45, 7) is 2.97. The van der Waals surface area contributed by atoms with Crippen LogP contribution in [-0.2, 0) is 0 Å². The smallest absolute Gasteiger partial charge is 0.126 e. The van der Waals surface area contributed by atoms with Crippen LogP contribution in [0.15, 0.2) is 36.4 Å². The molecule has 1 heterocycles. The zero-order valence-corrected chi connectivity index (χ0v) is 12.7. The number of fused-ring (bicyclic) bond motifs is 1. The summed E-state index contributed by atoms with van der Waals surface area (Å²) in [5, 5.41) is 2.44. The minimum Gasteiger partial charge on any atom is -0.496 e. The number of benzene rings is 2. The third-order valence-electron chi connectivity index (χ3n) is 4.55. The number of nitrogens with two attached hydrogens (primary N) is 1. The van der Waals surface area contributed by atoms with Crippen LogP contribution < -0.4 is 10.5 Å². The molecule has 0 bridgehead atoms. The first-order chi connectivity index (χ1) is 10.3. The van der Waals surface area contributed by atoms with Gasteiger partial charge < -0.3 is 10.5 Å². The maximum Gasteiger partial charge on any atom is 0.126 e. The van der Waals surface area contributed by atoms with E-state index in [0.29, 0.717) is 12.6 Å². The minimum absolute atomic E-state index is 0.307. The Morgan fingerprint density at radius 2 is 1.76 bits per heavy atom. The van der Waals surface area contributed by atoms with Crippen molar-refractivity contribution in [3.05, 3.63) is 42.0 Å². The third-order valence-corrected chi connectivity index (χ3v) is 4.55. The van der Waals surface area contributed by atoms with Gasteiger partial charge in [0.1, 0.15) is 5.75 Å². The van der Waals surface area contributed by atoms with Crippen molar-refractivity contribution >= 4 is 10.8 Å². The normalized spacial score (nSPS) is 17.8. The predicted octanol–water partition coefficient (Wildman–Crippen LogP) is 3.33. The summed E-state index contributed by atoms with van der Waals surface area (Å²) in [7, 11) is 1.73. The lowest BCUT2D eigenvalue weighted by molar-refractivity contribution is 0.168. The molecule has 2 N–H and O–H groups in total. The second kappa shape index (κ2) is 6.46. The largest absolute Gasteiger partial charge is 0.496 e. The van der Waals surface area contributed by atoms with Crippen molar-refractivity contribution in [2.45, 2.75) is 25.3 Å². The van der Waals surface area contributed by atoms with E-state index < -0.39 is 0 Å². The molecule has 0 radical (unpaired) electrons. The standard InChI is InChI=1S/C18H24N2O/c1-21-18-10-9-15(14-7-3-4-8-16(14)18)17(13-19)20-11-5-2-6-12-20/h3-4,7-10,17H,2,5-6,11-13,19H2,1H3. The van der Waals surface area contributed by atoms with Gasteiger partial charge in [0.15, 0.2) is 0 Å². The van der Waals surface area contributed by atoms with E-state index in [1.54, 1.807) is 7.11 Å². The average Bonchev–Trinajstić information content (AvgIpc) is 2.56. The van der Waals surface area contributed by atoms with E-state index >= 15 is 0 Å². The van der Waals surface area contributed by atoms with Gasteiger partial charge >= 0.3 is 0 Å². The summed E-state index contributed by atoms with van der Waals surface area (Å²) in [6, 6.07) is 13.0. The van der Waals surface area contributed by atoms with Crippen LogP contribution in [0.25, 0.3) is 10.8 Å². The van der Waals surface area contributed by atoms with Crippen LogP contribution in [0.2, 0.25) is 0 Å². The molecule has 1 aliphatic heterocycles. The number of methoxy groups -OCH3 is 1. The van der Waals surface area contributed by atoms with Crippen LogP contribution in [0.5, 0.6) is 5.75 Å². The second-order valence-corrected chi connectivity index (χ2v) is 5.75. The summed E-state index contributed by atoms with van der Waals surface area (Å²) in [5.74, 6) is 0.934. The lowest BCUT2D eigenvalue weighted by atomic mass is 9.95. The van der Waals surface area contributed by atoms with Gasteiger partial charge in [-0.05, 0) is 42.9 Å². The predicted molar refractivity (Wildman–Crippen MR) is 87.7 cm³/mol. The molecule has 112 valence electrons. The number of hydrogen-bond acceptors (Lipinski definition) is 3. The second-order valence-electron chi connectivity index (χ2n) is 5.75. The van der Waals surface area contributed by atoms with E-state index in [-0.39, 0.29) is 0 Å². The van der Waals surface area contributed by atoms with Crippen LogP contribution in [0.4, 0.5) is 0 Å². The van der Waals surface area contributed by atoms with Crippen molar-refractivity contribution in [2.24, 2.45) is 5.73 Å². The molecule has 1 fully saturated rings. The summed E-state index contributed by atoms with van der Waals surface area (Å²) in [4.78, 5) is 2.54. The fourth-order valence-corrected chi connectivity index (χ4v) is 3.47. The van der Waals surface area contributed by atoms with Crippen molar-refractivity contribution in [2.75, 3.05) is 26.7 Å². The summed E-state index contributed by atoms with van der Waals surface area (Å²) in [5.41, 5.74) is 7.45. The Hall–Kier alpha value is -1.58. The van der Waals surface area contributed by atoms with E-state index in [1.165, 1.54) is 35.6 Å². The number of rotatable bonds is 4. The molecule has 0 aliphatic carbocycles. The van der Waals surface area contributed by atoms with Gasteiger partial charge in [-0.3, -0.25) is 4.90 Å². The maximum absolute atomic E-state index is 6.12. The fraction of sp³-hybridized carbons (Fsp3) is 0.444. The van der Waals surface area contributed by atoms with Gasteiger partial charge in [0.2, 0.25) is 0 Å². The van der Waals surface area contributed by atoms with E-state index in [4.69, 9.17) is 10.5 Å². The molecule has 1 unspecified atom stereocenters. The molecule has 3 heteroatoms. The van der Waals surface area contributed by atoms with Crippen molar-refractivity contribution in [1.29, 1.82) is 0 Å². The Labute approximate surface area is 126 Å². The van der Waals surface area contributed by atoms with Crippen LogP contribution >= 0.6 is 0 Å². The van der Waals surface area contributed by atoms with Crippen LogP contribution in [0.3, 0.4) is 0 Å². The van der Waals surface area contributed by atoms with Gasteiger partial charge in [0.25, 0.3) is 0 Å². The number of piperidine rings is 1. The van der Waals surface area contributed by atoms with Crippen LogP contribution in [0.1, 0.15) is 30.9 Å². The molecular formula is C18H24N2O. The molecule has 1 aliphatic rings. The molecule has 0 aromatic heterocycles. The van der Waals surface area contributed by atoms with Crippen molar-refractivity contribution in [1.82, 2.24) is 4.90 Å². The molecule has 0 saturated carbocycles. The molecule has 3 rings (SSSR count). The Morgan fingerprint density at radius 3 is 2.43 bits per heavy atom. The van der Waals surface area contributed by atoms with Gasteiger partial charge in [0, 0.05) is 18.0 Å². The van der Waals surface area contributed by atoms with Crippen molar-refractivity contribution in [3.63, 3.8) is 0 Å². The highest BCUT2D eigenvalue weighted by molar-refractivity contribution is 5.91. The molecule has 2 aromatic carbocycles. The van der Waals surface area contributed by atoms with E-state index in [1.807, 2.05) is 0 Å². The quantitative estimate of drug-likeness (QED) is 0.936. The Balaban J connectivity index is 2.05. The molecule has 21 heavy (non-hydrogen) atoms. The molecule has 2 aromatic rings. The Morgan fingerprint density at radius 1 is 1.05 bits per heavy atom. The third kappa shape index (κ3) is 2.76. The highest BCUT2D eigenvalue weighted by Crippen LogP contribution is 2.34. The van der Waals surface area contributed by atoms with Gasteiger partial charge in [0.05, 0.1) is 7.11 Å². The fourth-order valence-electron chi connectivity index (χ4n) is 3.47. The lowest BCUT2D eigenvalue weighted by Gasteiger charge is -2.34. The number of nitrogens with zero attached hydrogens (tertiary/aromatic N) is 1.